The number of rotatable bonds is 4. The number of aromatic nitrogens is 3. The molecule has 0 unspecified atom stereocenters. The van der Waals surface area contributed by atoms with Gasteiger partial charge in [0.2, 0.25) is 5.95 Å². The first-order chi connectivity index (χ1) is 11.2. The van der Waals surface area contributed by atoms with E-state index < -0.39 is 0 Å². The lowest BCUT2D eigenvalue weighted by molar-refractivity contribution is 0.0924. The molecule has 1 saturated heterocycles. The molecule has 3 heterocycles. The molecule has 1 amide bonds. The number of carbonyl (C=O) groups excluding carboxylic acids is 1. The minimum absolute atomic E-state index is 0.0485. The largest absolute Gasteiger partial charge is 0.360 e. The Hall–Kier alpha value is -2.44. The van der Waals surface area contributed by atoms with E-state index in [9.17, 15) is 4.79 Å². The molecule has 7 heteroatoms. The molecule has 1 aliphatic carbocycles. The second-order valence-electron chi connectivity index (χ2n) is 6.40. The lowest BCUT2D eigenvalue weighted by Gasteiger charge is -2.16. The fourth-order valence-electron chi connectivity index (χ4n) is 2.97. The molecule has 7 nitrogen and oxygen atoms in total. The van der Waals surface area contributed by atoms with Gasteiger partial charge in [0.1, 0.15) is 5.76 Å². The number of amides is 1. The fourth-order valence-corrected chi connectivity index (χ4v) is 2.97. The predicted octanol–water partition coefficient (Wildman–Crippen LogP) is 1.60. The molecule has 0 aromatic carbocycles. The van der Waals surface area contributed by atoms with E-state index in [4.69, 9.17) is 4.52 Å². The van der Waals surface area contributed by atoms with Crippen LogP contribution in [0.1, 0.15) is 41.9 Å². The summed E-state index contributed by atoms with van der Waals surface area (Å²) in [7, 11) is 0. The van der Waals surface area contributed by atoms with Gasteiger partial charge in [0.25, 0.3) is 5.91 Å². The highest BCUT2D eigenvalue weighted by Gasteiger charge is 2.33. The van der Waals surface area contributed by atoms with Crippen molar-refractivity contribution in [1.29, 1.82) is 0 Å². The van der Waals surface area contributed by atoms with Crippen LogP contribution >= 0.6 is 0 Å². The molecule has 0 radical (unpaired) electrons. The quantitative estimate of drug-likeness (QED) is 0.923. The molecule has 2 aromatic rings. The molecule has 2 atom stereocenters. The van der Waals surface area contributed by atoms with Crippen molar-refractivity contribution in [2.24, 2.45) is 5.92 Å². The van der Waals surface area contributed by atoms with Crippen molar-refractivity contribution in [1.82, 2.24) is 20.4 Å². The van der Waals surface area contributed by atoms with Crippen LogP contribution in [0.2, 0.25) is 0 Å². The van der Waals surface area contributed by atoms with E-state index >= 15 is 0 Å². The maximum Gasteiger partial charge on any atom is 0.273 e. The molecule has 2 aromatic heterocycles. The van der Waals surface area contributed by atoms with Crippen LogP contribution in [0, 0.1) is 5.92 Å². The number of hydrogen-bond acceptors (Lipinski definition) is 6. The van der Waals surface area contributed by atoms with Gasteiger partial charge < -0.3 is 14.7 Å². The van der Waals surface area contributed by atoms with Gasteiger partial charge in [-0.3, -0.25) is 4.79 Å². The van der Waals surface area contributed by atoms with Crippen LogP contribution in [0.5, 0.6) is 0 Å². The Kier molecular flexibility index (Phi) is 3.48. The second-order valence-corrected chi connectivity index (χ2v) is 6.40. The number of carbonyl (C=O) groups is 1. The van der Waals surface area contributed by atoms with E-state index in [1.165, 1.54) is 0 Å². The second kappa shape index (κ2) is 5.64. The van der Waals surface area contributed by atoms with Crippen molar-refractivity contribution < 1.29 is 9.32 Å². The van der Waals surface area contributed by atoms with Gasteiger partial charge >= 0.3 is 0 Å². The molecule has 23 heavy (non-hydrogen) atoms. The summed E-state index contributed by atoms with van der Waals surface area (Å²) < 4.78 is 5.25. The van der Waals surface area contributed by atoms with Gasteiger partial charge in [0.05, 0.1) is 6.04 Å². The van der Waals surface area contributed by atoms with Crippen molar-refractivity contribution in [2.45, 2.75) is 31.7 Å². The Morgan fingerprint density at radius 2 is 2.09 bits per heavy atom. The van der Waals surface area contributed by atoms with E-state index in [0.29, 0.717) is 30.0 Å². The van der Waals surface area contributed by atoms with Crippen LogP contribution in [0.4, 0.5) is 5.95 Å². The van der Waals surface area contributed by atoms with Crippen LogP contribution in [0.3, 0.4) is 0 Å². The minimum Gasteiger partial charge on any atom is -0.360 e. The average Bonchev–Trinajstić information content (AvgIpc) is 3.18. The van der Waals surface area contributed by atoms with Crippen molar-refractivity contribution in [3.05, 3.63) is 36.0 Å². The maximum atomic E-state index is 12.4. The number of nitrogens with one attached hydrogen (secondary N) is 1. The summed E-state index contributed by atoms with van der Waals surface area (Å²) in [6.45, 7) is 3.64. The van der Waals surface area contributed by atoms with Gasteiger partial charge in [-0.15, -0.1) is 0 Å². The van der Waals surface area contributed by atoms with Crippen LogP contribution in [0.25, 0.3) is 0 Å². The zero-order valence-electron chi connectivity index (χ0n) is 13.0. The highest BCUT2D eigenvalue weighted by molar-refractivity contribution is 5.92. The molecule has 2 aliphatic rings. The fraction of sp³-hybridized carbons (Fsp3) is 0.500. The Morgan fingerprint density at radius 3 is 2.83 bits per heavy atom. The molecule has 1 aliphatic heterocycles. The highest BCUT2D eigenvalue weighted by Crippen LogP contribution is 2.40. The summed E-state index contributed by atoms with van der Waals surface area (Å²) >= 11 is 0. The monoisotopic (exact) mass is 313 g/mol. The summed E-state index contributed by atoms with van der Waals surface area (Å²) in [6, 6.07) is 3.61. The van der Waals surface area contributed by atoms with Gasteiger partial charge in [-0.25, -0.2) is 9.97 Å². The molecule has 0 bridgehead atoms. The molecule has 4 rings (SSSR count). The lowest BCUT2D eigenvalue weighted by atomic mass is 10.1. The Morgan fingerprint density at radius 1 is 1.30 bits per heavy atom. The topological polar surface area (TPSA) is 84.2 Å². The summed E-state index contributed by atoms with van der Waals surface area (Å²) in [4.78, 5) is 23.0. The van der Waals surface area contributed by atoms with E-state index in [2.05, 4.69) is 32.3 Å². The van der Waals surface area contributed by atoms with E-state index in [1.54, 1.807) is 24.5 Å². The Bertz CT molecular complexity index is 698. The molecule has 1 N–H and O–H groups in total. The summed E-state index contributed by atoms with van der Waals surface area (Å²) in [5, 5.41) is 6.95. The third-order valence-corrected chi connectivity index (χ3v) is 4.50. The SMILES string of the molecule is C[C@@H]1CN(c2ncccn2)C[C@H]1NC(=O)c1cc(C2CC2)on1. The average molecular weight is 313 g/mol. The molecular formula is C16H19N5O2. The predicted molar refractivity (Wildman–Crippen MR) is 83.1 cm³/mol. The van der Waals surface area contributed by atoms with Crippen molar-refractivity contribution in [3.63, 3.8) is 0 Å². The Labute approximate surface area is 134 Å². The standard InChI is InChI=1S/C16H19N5O2/c1-10-8-21(16-17-5-2-6-18-16)9-13(10)19-15(22)12-7-14(23-20-12)11-3-4-11/h2,5-7,10-11,13H,3-4,8-9H2,1H3,(H,19,22)/t10-,13-/m1/s1. The van der Waals surface area contributed by atoms with Crippen LogP contribution in [0.15, 0.2) is 29.0 Å². The number of anilines is 1. The van der Waals surface area contributed by atoms with Crippen molar-refractivity contribution in [3.8, 4) is 0 Å². The van der Waals surface area contributed by atoms with E-state index in [-0.39, 0.29) is 11.9 Å². The van der Waals surface area contributed by atoms with Crippen molar-refractivity contribution in [2.75, 3.05) is 18.0 Å². The molecule has 1 saturated carbocycles. The highest BCUT2D eigenvalue weighted by atomic mass is 16.5. The lowest BCUT2D eigenvalue weighted by Crippen LogP contribution is -2.40. The van der Waals surface area contributed by atoms with E-state index in [0.717, 1.165) is 25.1 Å². The van der Waals surface area contributed by atoms with Crippen LogP contribution < -0.4 is 10.2 Å². The zero-order chi connectivity index (χ0) is 15.8. The van der Waals surface area contributed by atoms with Gasteiger partial charge in [0.15, 0.2) is 5.69 Å². The minimum atomic E-state index is -0.173. The molecular weight excluding hydrogens is 294 g/mol. The summed E-state index contributed by atoms with van der Waals surface area (Å²) in [5.41, 5.74) is 0.369. The van der Waals surface area contributed by atoms with Crippen molar-refractivity contribution >= 4 is 11.9 Å². The van der Waals surface area contributed by atoms with Gasteiger partial charge in [-0.2, -0.15) is 0 Å². The number of hydrogen-bond donors (Lipinski definition) is 1. The first-order valence-corrected chi connectivity index (χ1v) is 8.00. The van der Waals surface area contributed by atoms with Crippen LogP contribution in [-0.2, 0) is 0 Å². The zero-order valence-corrected chi connectivity index (χ0v) is 13.0. The van der Waals surface area contributed by atoms with E-state index in [1.807, 2.05) is 0 Å². The molecule has 2 fully saturated rings. The first-order valence-electron chi connectivity index (χ1n) is 8.00. The summed E-state index contributed by atoms with van der Waals surface area (Å²) in [5.74, 6) is 2.13. The maximum absolute atomic E-state index is 12.4. The summed E-state index contributed by atoms with van der Waals surface area (Å²) in [6.07, 6.45) is 5.71. The number of nitrogens with zero attached hydrogens (tertiary/aromatic N) is 4. The first kappa shape index (κ1) is 14.2. The Balaban J connectivity index is 1.40. The molecule has 120 valence electrons. The third kappa shape index (κ3) is 2.91. The van der Waals surface area contributed by atoms with Gasteiger partial charge in [-0.1, -0.05) is 12.1 Å². The van der Waals surface area contributed by atoms with Crippen LogP contribution in [-0.4, -0.2) is 40.2 Å². The third-order valence-electron chi connectivity index (χ3n) is 4.50. The van der Waals surface area contributed by atoms with Gasteiger partial charge in [0, 0.05) is 37.5 Å². The molecule has 0 spiro atoms. The smallest absolute Gasteiger partial charge is 0.273 e. The van der Waals surface area contributed by atoms with Gasteiger partial charge in [-0.05, 0) is 24.8 Å². The normalized spacial score (nSPS) is 24.0.